The zero-order valence-corrected chi connectivity index (χ0v) is 18.3. The Bertz CT molecular complexity index is 1240. The van der Waals surface area contributed by atoms with Crippen LogP contribution in [-0.2, 0) is 0 Å². The van der Waals surface area contributed by atoms with Crippen LogP contribution in [-0.4, -0.2) is 52.0 Å². The van der Waals surface area contributed by atoms with Crippen LogP contribution in [0.25, 0.3) is 29.2 Å². The summed E-state index contributed by atoms with van der Waals surface area (Å²) in [6, 6.07) is 8.37. The van der Waals surface area contributed by atoms with Crippen molar-refractivity contribution in [1.29, 1.82) is 5.41 Å². The van der Waals surface area contributed by atoms with E-state index in [1.54, 1.807) is 6.92 Å². The van der Waals surface area contributed by atoms with Crippen LogP contribution < -0.4 is 27.1 Å². The molecule has 4 N–H and O–H groups in total. The maximum Gasteiger partial charge on any atom is 0.173 e. The van der Waals surface area contributed by atoms with E-state index in [0.717, 1.165) is 48.8 Å². The van der Waals surface area contributed by atoms with E-state index < -0.39 is 0 Å². The normalized spacial score (nSPS) is 19.7. The van der Waals surface area contributed by atoms with Crippen LogP contribution in [0, 0.1) is 5.41 Å². The van der Waals surface area contributed by atoms with Crippen molar-refractivity contribution in [2.24, 2.45) is 5.73 Å². The number of nitrogens with zero attached hydrogens (tertiary/aromatic N) is 4. The number of halogens is 1. The third kappa shape index (κ3) is 3.91. The summed E-state index contributed by atoms with van der Waals surface area (Å²) >= 11 is 6.50. The Morgan fingerprint density at radius 1 is 1.16 bits per heavy atom. The average molecular weight is 436 g/mol. The Balaban J connectivity index is 1.61. The lowest BCUT2D eigenvalue weighted by molar-refractivity contribution is 0.149. The van der Waals surface area contributed by atoms with Gasteiger partial charge in [-0.3, -0.25) is 10.3 Å². The molecule has 2 fully saturated rings. The van der Waals surface area contributed by atoms with Crippen LogP contribution in [0.1, 0.15) is 25.5 Å². The minimum Gasteiger partial charge on any atom is -0.400 e. The highest BCUT2D eigenvalue weighted by Crippen LogP contribution is 2.28. The van der Waals surface area contributed by atoms with E-state index in [2.05, 4.69) is 20.1 Å². The Hall–Kier alpha value is -2.90. The standard InChI is InChI=1S/C23H26ClN7/c1-14(25)21-23(26)28-19-12-20(31-10-8-30(9-11-31)15-6-7-15)27-13-17(19)22(29-21)16-4-2-3-5-18(16)24/h2-5,12-13,15,26-27H,6-11,25H2,1H3/b21-14+,26-23?. The molecule has 0 spiro atoms. The number of aromatic nitrogens is 2. The van der Waals surface area contributed by atoms with Gasteiger partial charge in [-0.25, -0.2) is 9.97 Å². The summed E-state index contributed by atoms with van der Waals surface area (Å²) in [5.74, 6) is 1.00. The van der Waals surface area contributed by atoms with E-state index in [-0.39, 0.29) is 5.49 Å². The molecule has 1 aromatic carbocycles. The van der Waals surface area contributed by atoms with E-state index in [4.69, 9.17) is 27.7 Å². The Kier molecular flexibility index (Phi) is 5.16. The number of rotatable bonds is 3. The highest BCUT2D eigenvalue weighted by molar-refractivity contribution is 6.33. The van der Waals surface area contributed by atoms with Crippen LogP contribution in [0.15, 0.2) is 30.1 Å². The van der Waals surface area contributed by atoms with Crippen molar-refractivity contribution in [2.75, 3.05) is 26.2 Å². The summed E-state index contributed by atoms with van der Waals surface area (Å²) in [4.78, 5) is 14.3. The van der Waals surface area contributed by atoms with Gasteiger partial charge in [-0.05, 0) is 25.8 Å². The molecule has 1 aromatic heterocycles. The first-order chi connectivity index (χ1) is 15.0. The van der Waals surface area contributed by atoms with Gasteiger partial charge in [0.1, 0.15) is 11.2 Å². The van der Waals surface area contributed by atoms with Gasteiger partial charge >= 0.3 is 0 Å². The van der Waals surface area contributed by atoms with Crippen molar-refractivity contribution >= 4 is 29.6 Å². The fourth-order valence-corrected chi connectivity index (χ4v) is 4.46. The van der Waals surface area contributed by atoms with Gasteiger partial charge in [0, 0.05) is 66.0 Å². The zero-order chi connectivity index (χ0) is 21.5. The molecule has 3 aliphatic rings. The zero-order valence-electron chi connectivity index (χ0n) is 17.5. The van der Waals surface area contributed by atoms with E-state index in [9.17, 15) is 0 Å². The summed E-state index contributed by atoms with van der Waals surface area (Å²) in [7, 11) is 0. The fraction of sp³-hybridized carbons (Fsp3) is 0.348. The van der Waals surface area contributed by atoms with E-state index in [1.165, 1.54) is 12.8 Å². The Morgan fingerprint density at radius 2 is 1.90 bits per heavy atom. The van der Waals surface area contributed by atoms with E-state index in [0.29, 0.717) is 27.5 Å². The Morgan fingerprint density at radius 3 is 2.58 bits per heavy atom. The number of benzene rings is 1. The summed E-state index contributed by atoms with van der Waals surface area (Å²) < 4.78 is 0. The number of piperazine rings is 1. The highest BCUT2D eigenvalue weighted by Gasteiger charge is 2.31. The molecule has 1 aliphatic carbocycles. The third-order valence-electron chi connectivity index (χ3n) is 6.07. The monoisotopic (exact) mass is 435 g/mol. The molecule has 3 heterocycles. The quantitative estimate of drug-likeness (QED) is 0.659. The first-order valence-electron chi connectivity index (χ1n) is 10.7. The average Bonchev–Trinajstić information content (AvgIpc) is 3.61. The minimum absolute atomic E-state index is 0.0546. The molecule has 31 heavy (non-hydrogen) atoms. The van der Waals surface area contributed by atoms with Crippen molar-refractivity contribution in [3.8, 4) is 11.3 Å². The van der Waals surface area contributed by atoms with Crippen molar-refractivity contribution in [2.45, 2.75) is 25.8 Å². The van der Waals surface area contributed by atoms with Crippen LogP contribution in [0.5, 0.6) is 0 Å². The molecule has 7 nitrogen and oxygen atoms in total. The fourth-order valence-electron chi connectivity index (χ4n) is 4.23. The van der Waals surface area contributed by atoms with Gasteiger partial charge in [0.05, 0.1) is 11.4 Å². The predicted molar refractivity (Wildman–Crippen MR) is 123 cm³/mol. The number of fused-ring (bicyclic) bond motifs is 1. The number of hydrogen-bond donors (Lipinski definition) is 3. The van der Waals surface area contributed by atoms with Gasteiger partial charge in [-0.1, -0.05) is 29.8 Å². The van der Waals surface area contributed by atoms with Crippen molar-refractivity contribution in [1.82, 2.24) is 25.1 Å². The molecule has 0 unspecified atom stereocenters. The van der Waals surface area contributed by atoms with Crippen molar-refractivity contribution < 1.29 is 0 Å². The van der Waals surface area contributed by atoms with Crippen LogP contribution in [0.2, 0.25) is 5.02 Å². The second kappa shape index (κ2) is 7.98. The molecule has 160 valence electrons. The molecular weight excluding hydrogens is 410 g/mol. The molecule has 0 radical (unpaired) electrons. The van der Waals surface area contributed by atoms with Gasteiger partial charge in [0.2, 0.25) is 0 Å². The smallest absolute Gasteiger partial charge is 0.173 e. The lowest BCUT2D eigenvalue weighted by Gasteiger charge is -2.37. The van der Waals surface area contributed by atoms with Gasteiger partial charge < -0.3 is 16.0 Å². The SMILES string of the molecule is C/C(N)=c1\nc(-c2ccccc2Cl)c2c(nc1=N)C=C(N1CCN(C3CC3)CC1)NC=2. The molecular formula is C23H26ClN7. The molecule has 2 aliphatic heterocycles. The highest BCUT2D eigenvalue weighted by atomic mass is 35.5. The number of nitrogens with one attached hydrogen (secondary N) is 2. The molecule has 5 rings (SSSR count). The maximum absolute atomic E-state index is 8.47. The summed E-state index contributed by atoms with van der Waals surface area (Å²) in [6.07, 6.45) is 6.61. The molecule has 1 saturated carbocycles. The van der Waals surface area contributed by atoms with Crippen LogP contribution >= 0.6 is 11.6 Å². The van der Waals surface area contributed by atoms with E-state index in [1.807, 2.05) is 36.5 Å². The van der Waals surface area contributed by atoms with Gasteiger partial charge in [-0.15, -0.1) is 0 Å². The van der Waals surface area contributed by atoms with Gasteiger partial charge in [-0.2, -0.15) is 0 Å². The Labute approximate surface area is 186 Å². The molecule has 8 heteroatoms. The van der Waals surface area contributed by atoms with Crippen molar-refractivity contribution in [3.05, 3.63) is 56.9 Å². The topological polar surface area (TPSA) is 94.2 Å². The first-order valence-corrected chi connectivity index (χ1v) is 11.0. The second-order valence-corrected chi connectivity index (χ2v) is 8.71. The molecule has 1 saturated heterocycles. The van der Waals surface area contributed by atoms with Gasteiger partial charge in [0.25, 0.3) is 0 Å². The molecule has 0 bridgehead atoms. The van der Waals surface area contributed by atoms with E-state index >= 15 is 0 Å². The first kappa shape index (κ1) is 20.0. The van der Waals surface area contributed by atoms with Crippen LogP contribution in [0.4, 0.5) is 0 Å². The lowest BCUT2D eigenvalue weighted by atomic mass is 10.1. The number of nitrogens with two attached hydrogens (primary N) is 1. The minimum atomic E-state index is 0.0546. The maximum atomic E-state index is 8.47. The lowest BCUT2D eigenvalue weighted by Crippen LogP contribution is -2.48. The summed E-state index contributed by atoms with van der Waals surface area (Å²) in [6.45, 7) is 5.84. The van der Waals surface area contributed by atoms with Crippen LogP contribution in [0.3, 0.4) is 0 Å². The summed E-state index contributed by atoms with van der Waals surface area (Å²) in [5.41, 5.74) is 8.69. The molecule has 2 aromatic rings. The second-order valence-electron chi connectivity index (χ2n) is 8.30. The molecule has 0 amide bonds. The number of hydrogen-bond acceptors (Lipinski definition) is 7. The summed E-state index contributed by atoms with van der Waals surface area (Å²) in [5, 5.41) is 13.7. The predicted octanol–water partition coefficient (Wildman–Crippen LogP) is 0.783. The van der Waals surface area contributed by atoms with Gasteiger partial charge in [0.15, 0.2) is 5.49 Å². The van der Waals surface area contributed by atoms with Crippen molar-refractivity contribution in [3.63, 3.8) is 0 Å². The third-order valence-corrected chi connectivity index (χ3v) is 6.40. The largest absolute Gasteiger partial charge is 0.400 e. The molecule has 0 atom stereocenters.